The first-order valence-electron chi connectivity index (χ1n) is 5.19. The maximum absolute atomic E-state index is 11.6. The van der Waals surface area contributed by atoms with Crippen molar-refractivity contribution in [3.63, 3.8) is 0 Å². The number of aliphatic imine (C=N–C) groups is 1. The van der Waals surface area contributed by atoms with Gasteiger partial charge in [-0.05, 0) is 18.2 Å². The smallest absolute Gasteiger partial charge is 0.322 e. The molecule has 1 heterocycles. The Bertz CT molecular complexity index is 530. The highest BCUT2D eigenvalue weighted by molar-refractivity contribution is 8.15. The number of hydrogen-bond acceptors (Lipinski definition) is 5. The van der Waals surface area contributed by atoms with Crippen LogP contribution in [-0.2, 0) is 14.3 Å². The molecule has 0 radical (unpaired) electrons. The first kappa shape index (κ1) is 13.1. The topological polar surface area (TPSA) is 55.7 Å². The van der Waals surface area contributed by atoms with Gasteiger partial charge in [0, 0.05) is 5.02 Å². The van der Waals surface area contributed by atoms with E-state index in [0.717, 1.165) is 0 Å². The van der Waals surface area contributed by atoms with E-state index in [0.29, 0.717) is 15.8 Å². The van der Waals surface area contributed by atoms with Crippen LogP contribution < -0.4 is 0 Å². The van der Waals surface area contributed by atoms with Crippen LogP contribution in [0.2, 0.25) is 5.02 Å². The van der Waals surface area contributed by atoms with Gasteiger partial charge in [0.2, 0.25) is 0 Å². The second-order valence-electron chi connectivity index (χ2n) is 3.64. The van der Waals surface area contributed by atoms with Crippen LogP contribution in [0.3, 0.4) is 0 Å². The summed E-state index contributed by atoms with van der Waals surface area (Å²) < 4.78 is 4.62. The van der Waals surface area contributed by atoms with Gasteiger partial charge in [-0.3, -0.25) is 9.59 Å². The number of carbonyl (C=O) groups excluding carboxylic acids is 2. The normalized spacial score (nSPS) is 21.3. The molecule has 0 amide bonds. The molecule has 0 N–H and O–H groups in total. The lowest BCUT2D eigenvalue weighted by atomic mass is 10.1. The molecule has 0 bridgehead atoms. The molecular weight excluding hydrogens is 274 g/mol. The third-order valence-electron chi connectivity index (χ3n) is 2.42. The Morgan fingerprint density at radius 2 is 2.33 bits per heavy atom. The molecule has 0 saturated carbocycles. The minimum atomic E-state index is -0.890. The fraction of sp³-hybridized carbons (Fsp3) is 0.250. The van der Waals surface area contributed by atoms with E-state index in [4.69, 9.17) is 11.6 Å². The zero-order valence-corrected chi connectivity index (χ0v) is 11.1. The number of benzene rings is 1. The summed E-state index contributed by atoms with van der Waals surface area (Å²) in [6.45, 7) is 0. The van der Waals surface area contributed by atoms with Crippen LogP contribution in [0.25, 0.3) is 0 Å². The predicted molar refractivity (Wildman–Crippen MR) is 71.5 cm³/mol. The van der Waals surface area contributed by atoms with Crippen molar-refractivity contribution >= 4 is 45.8 Å². The summed E-state index contributed by atoms with van der Waals surface area (Å²) in [6.07, 6.45) is 0. The van der Waals surface area contributed by atoms with Crippen LogP contribution in [0.1, 0.15) is 0 Å². The van der Waals surface area contributed by atoms with Crippen LogP contribution in [0.5, 0.6) is 0 Å². The summed E-state index contributed by atoms with van der Waals surface area (Å²) >= 11 is 7.11. The first-order valence-corrected chi connectivity index (χ1v) is 6.55. The van der Waals surface area contributed by atoms with Crippen LogP contribution in [0, 0.1) is 5.92 Å². The maximum Gasteiger partial charge on any atom is 0.322 e. The average molecular weight is 284 g/mol. The Kier molecular flexibility index (Phi) is 4.04. The van der Waals surface area contributed by atoms with Gasteiger partial charge in [0.05, 0.1) is 23.6 Å². The van der Waals surface area contributed by atoms with Gasteiger partial charge in [-0.1, -0.05) is 17.7 Å². The summed E-state index contributed by atoms with van der Waals surface area (Å²) in [4.78, 5) is 27.4. The summed E-state index contributed by atoms with van der Waals surface area (Å²) in [5, 5.41) is 1.02. The number of esters is 1. The molecule has 1 aliphatic heterocycles. The highest BCUT2D eigenvalue weighted by Gasteiger charge is 2.38. The lowest BCUT2D eigenvalue weighted by Crippen LogP contribution is -2.26. The number of carbonyl (C=O) groups is 2. The van der Waals surface area contributed by atoms with E-state index in [2.05, 4.69) is 9.73 Å². The molecule has 0 spiro atoms. The number of rotatable bonds is 2. The Morgan fingerprint density at radius 3 is 3.00 bits per heavy atom. The third kappa shape index (κ3) is 2.73. The van der Waals surface area contributed by atoms with Crippen molar-refractivity contribution in [1.82, 2.24) is 0 Å². The second kappa shape index (κ2) is 5.54. The fourth-order valence-corrected chi connectivity index (χ4v) is 2.77. The Morgan fingerprint density at radius 1 is 1.56 bits per heavy atom. The van der Waals surface area contributed by atoms with Gasteiger partial charge in [-0.25, -0.2) is 4.99 Å². The van der Waals surface area contributed by atoms with Gasteiger partial charge in [0.25, 0.3) is 0 Å². The van der Waals surface area contributed by atoms with E-state index >= 15 is 0 Å². The number of Topliss-reactive ketones (excluding diaryl/α,β-unsaturated/α-hetero) is 1. The van der Waals surface area contributed by atoms with Crippen molar-refractivity contribution in [2.75, 3.05) is 12.9 Å². The third-order valence-corrected chi connectivity index (χ3v) is 3.70. The molecule has 1 aromatic carbocycles. The summed E-state index contributed by atoms with van der Waals surface area (Å²) in [7, 11) is 1.26. The van der Waals surface area contributed by atoms with Gasteiger partial charge < -0.3 is 4.74 Å². The Labute approximate surface area is 113 Å². The lowest BCUT2D eigenvalue weighted by Gasteiger charge is -2.06. The van der Waals surface area contributed by atoms with Gasteiger partial charge in [-0.2, -0.15) is 0 Å². The van der Waals surface area contributed by atoms with Crippen LogP contribution in [0.4, 0.5) is 5.69 Å². The van der Waals surface area contributed by atoms with Crippen molar-refractivity contribution in [2.45, 2.75) is 0 Å². The summed E-state index contributed by atoms with van der Waals surface area (Å²) in [5.74, 6) is -1.38. The minimum absolute atomic E-state index is 0.173. The summed E-state index contributed by atoms with van der Waals surface area (Å²) in [5.41, 5.74) is 0.619. The van der Waals surface area contributed by atoms with E-state index in [1.54, 1.807) is 24.3 Å². The molecule has 1 saturated heterocycles. The van der Waals surface area contributed by atoms with Crippen LogP contribution in [-0.4, -0.2) is 29.7 Å². The molecule has 1 unspecified atom stereocenters. The molecule has 1 aromatic rings. The Hall–Kier alpha value is -1.33. The quantitative estimate of drug-likeness (QED) is 0.618. The molecule has 6 heteroatoms. The van der Waals surface area contributed by atoms with Gasteiger partial charge in [0.1, 0.15) is 0 Å². The molecule has 18 heavy (non-hydrogen) atoms. The zero-order chi connectivity index (χ0) is 13.1. The molecule has 0 aliphatic carbocycles. The van der Waals surface area contributed by atoms with Gasteiger partial charge in [0.15, 0.2) is 11.7 Å². The number of hydrogen-bond donors (Lipinski definition) is 0. The van der Waals surface area contributed by atoms with Crippen LogP contribution in [0.15, 0.2) is 29.3 Å². The molecule has 94 valence electrons. The highest BCUT2D eigenvalue weighted by atomic mass is 35.5. The van der Waals surface area contributed by atoms with E-state index in [1.165, 1.54) is 18.9 Å². The van der Waals surface area contributed by atoms with Crippen molar-refractivity contribution in [3.05, 3.63) is 29.3 Å². The molecule has 4 nitrogen and oxygen atoms in total. The number of nitrogens with zero attached hydrogens (tertiary/aromatic N) is 1. The van der Waals surface area contributed by atoms with E-state index < -0.39 is 11.9 Å². The standard InChI is InChI=1S/C12H10ClNO3S/c1-17-12(16)10-9(15)6-18-11(10)14-8-4-2-3-7(13)5-8/h2-5,10H,6H2,1H3. The molecular formula is C12H10ClNO3S. The number of methoxy groups -OCH3 is 1. The molecule has 2 rings (SSSR count). The fourth-order valence-electron chi connectivity index (χ4n) is 1.57. The lowest BCUT2D eigenvalue weighted by molar-refractivity contribution is -0.145. The SMILES string of the molecule is COC(=O)C1C(=O)CSC1=Nc1cccc(Cl)c1. The van der Waals surface area contributed by atoms with Gasteiger partial charge in [-0.15, -0.1) is 11.8 Å². The van der Waals surface area contributed by atoms with Crippen molar-refractivity contribution in [1.29, 1.82) is 0 Å². The van der Waals surface area contributed by atoms with E-state index in [9.17, 15) is 9.59 Å². The zero-order valence-electron chi connectivity index (χ0n) is 9.55. The molecule has 1 atom stereocenters. The monoisotopic (exact) mass is 283 g/mol. The maximum atomic E-state index is 11.6. The minimum Gasteiger partial charge on any atom is -0.468 e. The molecule has 0 aromatic heterocycles. The molecule has 1 aliphatic rings. The summed E-state index contributed by atoms with van der Waals surface area (Å²) in [6, 6.07) is 6.93. The van der Waals surface area contributed by atoms with E-state index in [1.807, 2.05) is 0 Å². The van der Waals surface area contributed by atoms with Crippen LogP contribution >= 0.6 is 23.4 Å². The second-order valence-corrected chi connectivity index (χ2v) is 5.07. The number of thioether (sulfide) groups is 1. The van der Waals surface area contributed by atoms with Crippen molar-refractivity contribution < 1.29 is 14.3 Å². The Balaban J connectivity index is 2.32. The van der Waals surface area contributed by atoms with Crippen molar-refractivity contribution in [2.24, 2.45) is 10.9 Å². The number of halogens is 1. The van der Waals surface area contributed by atoms with Gasteiger partial charge >= 0.3 is 5.97 Å². The highest BCUT2D eigenvalue weighted by Crippen LogP contribution is 2.29. The number of ketones is 1. The predicted octanol–water partition coefficient (Wildman–Crippen LogP) is 2.48. The molecule has 1 fully saturated rings. The first-order chi connectivity index (χ1) is 8.61. The average Bonchev–Trinajstić information content (AvgIpc) is 2.70. The van der Waals surface area contributed by atoms with Crippen molar-refractivity contribution in [3.8, 4) is 0 Å². The number of ether oxygens (including phenoxy) is 1. The largest absolute Gasteiger partial charge is 0.468 e. The van der Waals surface area contributed by atoms with E-state index in [-0.39, 0.29) is 11.5 Å².